The number of hydrogen-bond donors (Lipinski definition) is 1. The van der Waals surface area contributed by atoms with Crippen LogP contribution in [-0.4, -0.2) is 17.6 Å². The summed E-state index contributed by atoms with van der Waals surface area (Å²) in [6.45, 7) is 0. The lowest BCUT2D eigenvalue weighted by Gasteiger charge is -2.12. The second kappa shape index (κ2) is 5.87. The van der Waals surface area contributed by atoms with E-state index in [9.17, 15) is 9.18 Å². The van der Waals surface area contributed by atoms with Crippen molar-refractivity contribution in [3.05, 3.63) is 44.3 Å². The number of benzene rings is 1. The van der Waals surface area contributed by atoms with E-state index in [0.717, 1.165) is 0 Å². The number of nitrogens with zero attached hydrogens (tertiary/aromatic N) is 2. The van der Waals surface area contributed by atoms with Gasteiger partial charge in [-0.2, -0.15) is 5.26 Å². The fourth-order valence-electron chi connectivity index (χ4n) is 1.86. The Morgan fingerprint density at radius 1 is 1.43 bits per heavy atom. The van der Waals surface area contributed by atoms with Crippen LogP contribution in [0.15, 0.2) is 27.3 Å². The highest BCUT2D eigenvalue weighted by Crippen LogP contribution is 2.34. The number of carbonyl (C=O) groups excluding carboxylic acids is 1. The molecule has 2 N–H and O–H groups in total. The maximum absolute atomic E-state index is 13.4. The van der Waals surface area contributed by atoms with Crippen LogP contribution in [0, 0.1) is 17.1 Å². The number of nitriles is 1. The summed E-state index contributed by atoms with van der Waals surface area (Å²) >= 11 is 6.46. The molecule has 5 nitrogen and oxygen atoms in total. The molecule has 0 aliphatic heterocycles. The molecule has 21 heavy (non-hydrogen) atoms. The summed E-state index contributed by atoms with van der Waals surface area (Å²) in [5.74, 6) is -1.16. The highest BCUT2D eigenvalue weighted by Gasteiger charge is 2.24. The molecule has 0 unspecified atom stereocenters. The van der Waals surface area contributed by atoms with Crippen molar-refractivity contribution in [1.29, 1.82) is 5.26 Å². The van der Waals surface area contributed by atoms with Crippen LogP contribution >= 0.6 is 31.9 Å². The topological polar surface area (TPSA) is 81.0 Å². The fourth-order valence-corrected chi connectivity index (χ4v) is 3.37. The van der Waals surface area contributed by atoms with E-state index in [-0.39, 0.29) is 16.9 Å². The van der Waals surface area contributed by atoms with Crippen LogP contribution < -0.4 is 5.73 Å². The molecule has 0 aliphatic carbocycles. The lowest BCUT2D eigenvalue weighted by molar-refractivity contribution is 0.0593. The molecule has 0 spiro atoms. The van der Waals surface area contributed by atoms with Crippen molar-refractivity contribution in [3.8, 4) is 11.8 Å². The minimum absolute atomic E-state index is 0.00191. The number of rotatable bonds is 2. The van der Waals surface area contributed by atoms with E-state index in [4.69, 9.17) is 11.0 Å². The molecule has 0 aliphatic rings. The lowest BCUT2D eigenvalue weighted by Crippen LogP contribution is -2.12. The average molecular weight is 417 g/mol. The Kier molecular flexibility index (Phi) is 4.34. The van der Waals surface area contributed by atoms with Crippen LogP contribution in [0.4, 0.5) is 10.1 Å². The Morgan fingerprint density at radius 2 is 2.00 bits per heavy atom. The van der Waals surface area contributed by atoms with E-state index in [1.165, 1.54) is 30.0 Å². The molecule has 2 rings (SSSR count). The molecule has 0 fully saturated rings. The standard InChI is InChI=1S/C13H8Br2FN3O2/c1-21-13(20)12-10(18)6(4-17)5-19(12)11-8(14)2-7(16)3-9(11)15/h2-3,5H,18H2,1H3. The van der Waals surface area contributed by atoms with Crippen molar-refractivity contribution < 1.29 is 13.9 Å². The minimum Gasteiger partial charge on any atom is -0.464 e. The molecule has 0 bridgehead atoms. The second-order valence-electron chi connectivity index (χ2n) is 4.00. The van der Waals surface area contributed by atoms with E-state index < -0.39 is 11.8 Å². The summed E-state index contributed by atoms with van der Waals surface area (Å²) in [6, 6.07) is 4.38. The number of methoxy groups -OCH3 is 1. The summed E-state index contributed by atoms with van der Waals surface area (Å²) in [7, 11) is 1.21. The molecular weight excluding hydrogens is 409 g/mol. The molecule has 108 valence electrons. The number of halogens is 3. The predicted octanol–water partition coefficient (Wildman–Crippen LogP) is 3.38. The third-order valence-corrected chi connectivity index (χ3v) is 3.98. The maximum Gasteiger partial charge on any atom is 0.357 e. The van der Waals surface area contributed by atoms with Crippen LogP contribution in [0.2, 0.25) is 0 Å². The van der Waals surface area contributed by atoms with E-state index >= 15 is 0 Å². The van der Waals surface area contributed by atoms with Gasteiger partial charge in [-0.25, -0.2) is 9.18 Å². The predicted molar refractivity (Wildman–Crippen MR) is 81.6 cm³/mol. The number of nitrogens with two attached hydrogens (primary N) is 1. The molecule has 0 radical (unpaired) electrons. The van der Waals surface area contributed by atoms with Gasteiger partial charge in [-0.05, 0) is 44.0 Å². The SMILES string of the molecule is COC(=O)c1c(N)c(C#N)cn1-c1c(Br)cc(F)cc1Br. The quantitative estimate of drug-likeness (QED) is 0.761. The molecule has 0 saturated heterocycles. The monoisotopic (exact) mass is 415 g/mol. The van der Waals surface area contributed by atoms with Crippen molar-refractivity contribution in [2.24, 2.45) is 0 Å². The largest absolute Gasteiger partial charge is 0.464 e. The van der Waals surface area contributed by atoms with Crippen LogP contribution in [-0.2, 0) is 4.74 Å². The number of nitrogen functional groups attached to an aromatic ring is 1. The molecule has 8 heteroatoms. The van der Waals surface area contributed by atoms with Crippen molar-refractivity contribution in [2.45, 2.75) is 0 Å². The zero-order valence-electron chi connectivity index (χ0n) is 10.7. The Balaban J connectivity index is 2.82. The smallest absolute Gasteiger partial charge is 0.357 e. The molecule has 0 atom stereocenters. The molecule has 1 aromatic carbocycles. The van der Waals surface area contributed by atoms with Gasteiger partial charge in [0, 0.05) is 15.1 Å². The minimum atomic E-state index is -0.697. The van der Waals surface area contributed by atoms with E-state index in [2.05, 4.69) is 36.6 Å². The molecule has 2 aromatic rings. The van der Waals surface area contributed by atoms with Crippen LogP contribution in [0.5, 0.6) is 0 Å². The zero-order valence-corrected chi connectivity index (χ0v) is 13.8. The molecule has 0 amide bonds. The third-order valence-electron chi connectivity index (χ3n) is 2.77. The Bertz CT molecular complexity index is 757. The van der Waals surface area contributed by atoms with Gasteiger partial charge in [-0.1, -0.05) is 0 Å². The number of carbonyl (C=O) groups is 1. The van der Waals surface area contributed by atoms with Gasteiger partial charge < -0.3 is 15.0 Å². The normalized spacial score (nSPS) is 10.2. The first-order chi connectivity index (χ1) is 9.90. The van der Waals surface area contributed by atoms with Gasteiger partial charge in [-0.3, -0.25) is 0 Å². The van der Waals surface area contributed by atoms with Gasteiger partial charge in [0.15, 0.2) is 5.69 Å². The second-order valence-corrected chi connectivity index (χ2v) is 5.71. The molecular formula is C13H8Br2FN3O2. The van der Waals surface area contributed by atoms with Gasteiger partial charge in [0.05, 0.1) is 24.0 Å². The van der Waals surface area contributed by atoms with E-state index in [1.54, 1.807) is 0 Å². The van der Waals surface area contributed by atoms with Crippen molar-refractivity contribution in [3.63, 3.8) is 0 Å². The van der Waals surface area contributed by atoms with Crippen LogP contribution in [0.1, 0.15) is 16.1 Å². The lowest BCUT2D eigenvalue weighted by atomic mass is 10.2. The average Bonchev–Trinajstić information content (AvgIpc) is 2.73. The van der Waals surface area contributed by atoms with Gasteiger partial charge in [0.2, 0.25) is 0 Å². The number of hydrogen-bond acceptors (Lipinski definition) is 4. The molecule has 0 saturated carbocycles. The summed E-state index contributed by atoms with van der Waals surface area (Å²) in [6.07, 6.45) is 1.39. The number of aromatic nitrogens is 1. The van der Waals surface area contributed by atoms with E-state index in [0.29, 0.717) is 14.6 Å². The third kappa shape index (κ3) is 2.66. The molecule has 1 aromatic heterocycles. The van der Waals surface area contributed by atoms with Crippen LogP contribution in [0.3, 0.4) is 0 Å². The Morgan fingerprint density at radius 3 is 2.48 bits per heavy atom. The highest BCUT2D eigenvalue weighted by molar-refractivity contribution is 9.11. The summed E-state index contributed by atoms with van der Waals surface area (Å²) in [4.78, 5) is 11.9. The first kappa shape index (κ1) is 15.5. The van der Waals surface area contributed by atoms with Gasteiger partial charge in [0.1, 0.15) is 11.9 Å². The Hall–Kier alpha value is -1.85. The van der Waals surface area contributed by atoms with Crippen molar-refractivity contribution in [2.75, 3.05) is 12.8 Å². The van der Waals surface area contributed by atoms with Crippen LogP contribution in [0.25, 0.3) is 5.69 Å². The summed E-state index contributed by atoms with van der Waals surface area (Å²) in [5, 5.41) is 9.06. The van der Waals surface area contributed by atoms with Crippen molar-refractivity contribution >= 4 is 43.5 Å². The number of anilines is 1. The van der Waals surface area contributed by atoms with Gasteiger partial charge in [-0.15, -0.1) is 0 Å². The number of esters is 1. The number of ether oxygens (including phenoxy) is 1. The van der Waals surface area contributed by atoms with Gasteiger partial charge >= 0.3 is 5.97 Å². The first-order valence-corrected chi connectivity index (χ1v) is 7.13. The fraction of sp³-hybridized carbons (Fsp3) is 0.0769. The first-order valence-electron chi connectivity index (χ1n) is 5.54. The van der Waals surface area contributed by atoms with Gasteiger partial charge in [0.25, 0.3) is 0 Å². The molecule has 1 heterocycles. The summed E-state index contributed by atoms with van der Waals surface area (Å²) < 4.78 is 20.2. The van der Waals surface area contributed by atoms with E-state index in [1.807, 2.05) is 6.07 Å². The summed E-state index contributed by atoms with van der Waals surface area (Å²) in [5.41, 5.74) is 6.38. The zero-order chi connectivity index (χ0) is 15.7. The van der Waals surface area contributed by atoms with Crippen molar-refractivity contribution in [1.82, 2.24) is 4.57 Å². The highest BCUT2D eigenvalue weighted by atomic mass is 79.9. The Labute approximate surface area is 136 Å². The maximum atomic E-state index is 13.4.